The fourth-order valence-electron chi connectivity index (χ4n) is 5.84. The quantitative estimate of drug-likeness (QED) is 0.362. The van der Waals surface area contributed by atoms with Crippen LogP contribution in [0.25, 0.3) is 0 Å². The van der Waals surface area contributed by atoms with E-state index in [1.807, 2.05) is 43.8 Å². The van der Waals surface area contributed by atoms with Gasteiger partial charge >= 0.3 is 6.09 Å². The van der Waals surface area contributed by atoms with Crippen molar-refractivity contribution in [2.24, 2.45) is 25.9 Å². The third-order valence-corrected chi connectivity index (χ3v) is 10.0. The van der Waals surface area contributed by atoms with Crippen LogP contribution in [0.5, 0.6) is 0 Å². The molecule has 5 rings (SSSR count). The van der Waals surface area contributed by atoms with Gasteiger partial charge in [0.1, 0.15) is 0 Å². The molecule has 1 saturated heterocycles. The number of nitriles is 1. The van der Waals surface area contributed by atoms with Gasteiger partial charge in [0.25, 0.3) is 10.0 Å². The smallest absolute Gasteiger partial charge is 0.409 e. The number of aromatic nitrogens is 4. The van der Waals surface area contributed by atoms with Crippen LogP contribution in [0.1, 0.15) is 43.5 Å². The standard InChI is InChI=1S/C30H40N8O4S/c1-22(2)19-42-30(39)36-9-7-23(8-10-36)15-38(43(40,41)29-18-34(3)21-33-29)26-12-25-11-24(13-31)5-6-28(25)37(16-26)17-27-14-32-20-35(27)4/h5-6,11,14,18,20-23,26H,7-10,12,15-17,19H2,1-4H3. The van der Waals surface area contributed by atoms with E-state index in [1.165, 1.54) is 12.5 Å². The summed E-state index contributed by atoms with van der Waals surface area (Å²) in [6, 6.07) is 7.45. The number of hydrogen-bond acceptors (Lipinski definition) is 8. The molecule has 0 aliphatic carbocycles. The van der Waals surface area contributed by atoms with Gasteiger partial charge in [0.2, 0.25) is 0 Å². The van der Waals surface area contributed by atoms with E-state index in [9.17, 15) is 18.5 Å². The largest absolute Gasteiger partial charge is 0.449 e. The molecule has 0 saturated carbocycles. The number of benzene rings is 1. The van der Waals surface area contributed by atoms with Crippen LogP contribution in [-0.4, -0.2) is 81.6 Å². The lowest BCUT2D eigenvalue weighted by Crippen LogP contribution is -2.53. The lowest BCUT2D eigenvalue weighted by Gasteiger charge is -2.42. The highest BCUT2D eigenvalue weighted by Crippen LogP contribution is 2.34. The van der Waals surface area contributed by atoms with Gasteiger partial charge in [-0.25, -0.2) is 23.2 Å². The van der Waals surface area contributed by atoms with Crippen LogP contribution in [0.4, 0.5) is 10.5 Å². The van der Waals surface area contributed by atoms with Crippen molar-refractivity contribution in [2.75, 3.05) is 37.7 Å². The maximum Gasteiger partial charge on any atom is 0.409 e. The first-order chi connectivity index (χ1) is 20.5. The monoisotopic (exact) mass is 608 g/mol. The van der Waals surface area contributed by atoms with Crippen LogP contribution in [0.3, 0.4) is 0 Å². The molecule has 1 atom stereocenters. The number of hydrogen-bond donors (Lipinski definition) is 0. The van der Waals surface area contributed by atoms with Crippen LogP contribution < -0.4 is 4.90 Å². The number of imidazole rings is 2. The van der Waals surface area contributed by atoms with Crippen LogP contribution in [0.15, 0.2) is 48.3 Å². The third kappa shape index (κ3) is 6.86. The molecule has 1 amide bonds. The molecule has 1 fully saturated rings. The van der Waals surface area contributed by atoms with E-state index in [2.05, 4.69) is 20.9 Å². The Morgan fingerprint density at radius 1 is 1.21 bits per heavy atom. The van der Waals surface area contributed by atoms with Crippen LogP contribution in [0, 0.1) is 23.2 Å². The Bertz CT molecular complexity index is 1580. The summed E-state index contributed by atoms with van der Waals surface area (Å²) in [6.07, 6.45) is 8.10. The molecule has 43 heavy (non-hydrogen) atoms. The zero-order valence-electron chi connectivity index (χ0n) is 25.3. The fourth-order valence-corrected chi connectivity index (χ4v) is 7.50. The Morgan fingerprint density at radius 3 is 2.60 bits per heavy atom. The Labute approximate surface area is 253 Å². The first-order valence-corrected chi connectivity index (χ1v) is 16.1. The summed E-state index contributed by atoms with van der Waals surface area (Å²) in [7, 11) is -0.265. The number of piperidine rings is 1. The van der Waals surface area contributed by atoms with E-state index in [1.54, 1.807) is 33.2 Å². The van der Waals surface area contributed by atoms with Crippen molar-refractivity contribution in [3.05, 3.63) is 60.1 Å². The normalized spacial score (nSPS) is 17.7. The molecule has 2 aliphatic rings. The first kappa shape index (κ1) is 30.6. The van der Waals surface area contributed by atoms with Gasteiger partial charge in [-0.1, -0.05) is 13.8 Å². The molecule has 0 N–H and O–H groups in total. The van der Waals surface area contributed by atoms with Crippen molar-refractivity contribution in [1.82, 2.24) is 28.3 Å². The zero-order chi connectivity index (χ0) is 30.7. The number of likely N-dealkylation sites (tertiary alicyclic amines) is 1. The minimum atomic E-state index is -3.95. The Hall–Kier alpha value is -3.89. The van der Waals surface area contributed by atoms with Crippen molar-refractivity contribution in [3.63, 3.8) is 0 Å². The van der Waals surface area contributed by atoms with Crippen molar-refractivity contribution in [3.8, 4) is 6.07 Å². The molecule has 0 radical (unpaired) electrons. The van der Waals surface area contributed by atoms with Gasteiger partial charge in [-0.15, -0.1) is 0 Å². The average molecular weight is 609 g/mol. The number of anilines is 1. The Morgan fingerprint density at radius 2 is 1.98 bits per heavy atom. The summed E-state index contributed by atoms with van der Waals surface area (Å²) in [4.78, 5) is 24.9. The number of nitrogens with zero attached hydrogens (tertiary/aromatic N) is 8. The van der Waals surface area contributed by atoms with Gasteiger partial charge in [-0.3, -0.25) is 0 Å². The van der Waals surface area contributed by atoms with Crippen molar-refractivity contribution < 1.29 is 17.9 Å². The molecular weight excluding hydrogens is 568 g/mol. The molecule has 1 unspecified atom stereocenters. The van der Waals surface area contributed by atoms with Gasteiger partial charge in [0.05, 0.1) is 43.1 Å². The highest BCUT2D eigenvalue weighted by atomic mass is 32.2. The van der Waals surface area contributed by atoms with Gasteiger partial charge in [-0.2, -0.15) is 9.57 Å². The maximum absolute atomic E-state index is 14.2. The van der Waals surface area contributed by atoms with E-state index in [0.29, 0.717) is 64.2 Å². The van der Waals surface area contributed by atoms with Crippen LogP contribution in [0.2, 0.25) is 0 Å². The number of sulfonamides is 1. The fraction of sp³-hybridized carbons (Fsp3) is 0.533. The molecule has 12 nitrogen and oxygen atoms in total. The summed E-state index contributed by atoms with van der Waals surface area (Å²) in [5, 5.41) is 9.63. The molecule has 3 aromatic rings. The third-order valence-electron chi connectivity index (χ3n) is 8.22. The predicted molar refractivity (Wildman–Crippen MR) is 160 cm³/mol. The Balaban J connectivity index is 1.42. The number of amides is 1. The zero-order valence-corrected chi connectivity index (χ0v) is 26.1. The van der Waals surface area contributed by atoms with Crippen LogP contribution >= 0.6 is 0 Å². The summed E-state index contributed by atoms with van der Waals surface area (Å²) < 4.78 is 39.1. The molecule has 2 aliphatic heterocycles. The molecule has 2 aromatic heterocycles. The maximum atomic E-state index is 14.2. The van der Waals surface area contributed by atoms with Crippen LogP contribution in [-0.2, 0) is 41.8 Å². The molecule has 1 aromatic carbocycles. The SMILES string of the molecule is CC(C)COC(=O)N1CCC(CN(C2Cc3cc(C#N)ccc3N(Cc3cncn3C)C2)S(=O)(=O)c2cn(C)cn2)CC1. The molecule has 0 spiro atoms. The van der Waals surface area contributed by atoms with Crippen molar-refractivity contribution in [1.29, 1.82) is 5.26 Å². The molecular formula is C30H40N8O4S. The second-order valence-corrected chi connectivity index (χ2v) is 13.9. The summed E-state index contributed by atoms with van der Waals surface area (Å²) in [5.41, 5.74) is 3.45. The second-order valence-electron chi connectivity index (χ2n) is 12.0. The van der Waals surface area contributed by atoms with E-state index in [-0.39, 0.29) is 23.0 Å². The minimum Gasteiger partial charge on any atom is -0.449 e. The molecule has 13 heteroatoms. The molecule has 0 bridgehead atoms. The minimum absolute atomic E-state index is 0.0134. The predicted octanol–water partition coefficient (Wildman–Crippen LogP) is 3.15. The lowest BCUT2D eigenvalue weighted by atomic mass is 9.93. The van der Waals surface area contributed by atoms with Gasteiger partial charge in [0, 0.05) is 64.4 Å². The summed E-state index contributed by atoms with van der Waals surface area (Å²) in [6.45, 7) is 6.73. The van der Waals surface area contributed by atoms with E-state index in [0.717, 1.165) is 16.9 Å². The average Bonchev–Trinajstić information content (AvgIpc) is 3.62. The number of aryl methyl sites for hydroxylation is 2. The number of carbonyl (C=O) groups excluding carboxylic acids is 1. The lowest BCUT2D eigenvalue weighted by molar-refractivity contribution is 0.0761. The highest BCUT2D eigenvalue weighted by Gasteiger charge is 2.39. The van der Waals surface area contributed by atoms with E-state index < -0.39 is 16.1 Å². The number of ether oxygens (including phenoxy) is 1. The number of rotatable bonds is 9. The van der Waals surface area contributed by atoms with Crippen molar-refractivity contribution >= 4 is 21.8 Å². The molecule has 4 heterocycles. The van der Waals surface area contributed by atoms with E-state index >= 15 is 0 Å². The van der Waals surface area contributed by atoms with Crippen molar-refractivity contribution in [2.45, 2.75) is 50.7 Å². The molecule has 230 valence electrons. The second kappa shape index (κ2) is 12.8. The number of carbonyl (C=O) groups is 1. The van der Waals surface area contributed by atoms with Gasteiger partial charge in [-0.05, 0) is 54.9 Å². The number of fused-ring (bicyclic) bond motifs is 1. The van der Waals surface area contributed by atoms with Gasteiger partial charge in [0.15, 0.2) is 5.03 Å². The van der Waals surface area contributed by atoms with E-state index in [4.69, 9.17) is 4.74 Å². The summed E-state index contributed by atoms with van der Waals surface area (Å²) >= 11 is 0. The Kier molecular flexibility index (Phi) is 9.08. The topological polar surface area (TPSA) is 130 Å². The highest BCUT2D eigenvalue weighted by molar-refractivity contribution is 7.89. The first-order valence-electron chi connectivity index (χ1n) is 14.7. The van der Waals surface area contributed by atoms with Gasteiger partial charge < -0.3 is 23.7 Å². The summed E-state index contributed by atoms with van der Waals surface area (Å²) in [5.74, 6) is 0.319.